The zero-order valence-corrected chi connectivity index (χ0v) is 13.2. The second-order valence-electron chi connectivity index (χ2n) is 5.30. The highest BCUT2D eigenvalue weighted by Crippen LogP contribution is 2.41. The molecule has 0 amide bonds. The molecule has 1 aromatic rings. The lowest BCUT2D eigenvalue weighted by atomic mass is 9.79. The van der Waals surface area contributed by atoms with E-state index in [2.05, 4.69) is 24.1 Å². The van der Waals surface area contributed by atoms with Crippen molar-refractivity contribution in [2.24, 2.45) is 0 Å². The molecule has 0 bridgehead atoms. The fourth-order valence-electron chi connectivity index (χ4n) is 3.22. The minimum atomic E-state index is -0.978. The minimum absolute atomic E-state index is 0.188. The second kappa shape index (κ2) is 5.73. The van der Waals surface area contributed by atoms with E-state index in [-0.39, 0.29) is 5.41 Å². The summed E-state index contributed by atoms with van der Waals surface area (Å²) in [4.78, 5) is 3.38. The third-order valence-corrected chi connectivity index (χ3v) is 5.43. The van der Waals surface area contributed by atoms with Gasteiger partial charge >= 0.3 is 0 Å². The maximum absolute atomic E-state index is 12.3. The average molecular weight is 280 g/mol. The van der Waals surface area contributed by atoms with E-state index in [0.29, 0.717) is 0 Å². The molecule has 2 unspecified atom stereocenters. The van der Waals surface area contributed by atoms with E-state index in [0.717, 1.165) is 24.5 Å². The lowest BCUT2D eigenvalue weighted by Crippen LogP contribution is -2.46. The van der Waals surface area contributed by atoms with Crippen LogP contribution in [-0.2, 0) is 16.4 Å². The number of likely N-dealkylation sites (tertiary alicyclic amines) is 1. The van der Waals surface area contributed by atoms with Crippen LogP contribution in [0.2, 0.25) is 0 Å². The van der Waals surface area contributed by atoms with Crippen molar-refractivity contribution in [3.63, 3.8) is 0 Å². The molecule has 1 spiro atoms. The Labute approximate surface area is 119 Å². The predicted molar refractivity (Wildman–Crippen MR) is 80.6 cm³/mol. The van der Waals surface area contributed by atoms with Crippen LogP contribution in [0.4, 0.5) is 0 Å². The zero-order chi connectivity index (χ0) is 14.0. The standard InChI is InChI=1S/C13H18N2OS.C2H6/c1-14-8-7-13(9-14)10-15(2)17(16)12-6-4-3-5-11(12)13;1-2/h3-6H,7-10H2,1-2H3;1-2H3. The molecule has 1 fully saturated rings. The summed E-state index contributed by atoms with van der Waals surface area (Å²) in [6.45, 7) is 7.11. The van der Waals surface area contributed by atoms with E-state index in [9.17, 15) is 4.21 Å². The summed E-state index contributed by atoms with van der Waals surface area (Å²) in [5, 5.41) is 0. The number of hydrogen-bond acceptors (Lipinski definition) is 2. The van der Waals surface area contributed by atoms with E-state index in [4.69, 9.17) is 0 Å². The van der Waals surface area contributed by atoms with Gasteiger partial charge < -0.3 is 4.90 Å². The zero-order valence-electron chi connectivity index (χ0n) is 12.3. The molecular formula is C15H24N2OS. The molecule has 2 aliphatic rings. The Morgan fingerprint density at radius 2 is 1.84 bits per heavy atom. The van der Waals surface area contributed by atoms with Gasteiger partial charge in [0.15, 0.2) is 0 Å². The Kier molecular flexibility index (Phi) is 4.43. The van der Waals surface area contributed by atoms with Crippen molar-refractivity contribution < 1.29 is 4.21 Å². The summed E-state index contributed by atoms with van der Waals surface area (Å²) in [6, 6.07) is 8.24. The van der Waals surface area contributed by atoms with E-state index in [1.165, 1.54) is 12.0 Å². The highest BCUT2D eigenvalue weighted by molar-refractivity contribution is 7.82. The molecule has 0 saturated carbocycles. The summed E-state index contributed by atoms with van der Waals surface area (Å²) in [6.07, 6.45) is 1.17. The summed E-state index contributed by atoms with van der Waals surface area (Å²) < 4.78 is 14.2. The molecule has 19 heavy (non-hydrogen) atoms. The van der Waals surface area contributed by atoms with Gasteiger partial charge in [0.1, 0.15) is 11.0 Å². The van der Waals surface area contributed by atoms with Gasteiger partial charge in [-0.1, -0.05) is 32.0 Å². The molecule has 2 aliphatic heterocycles. The van der Waals surface area contributed by atoms with Gasteiger partial charge in [-0.25, -0.2) is 8.51 Å². The Morgan fingerprint density at radius 3 is 2.47 bits per heavy atom. The van der Waals surface area contributed by atoms with Crippen LogP contribution < -0.4 is 0 Å². The van der Waals surface area contributed by atoms with Gasteiger partial charge in [0.05, 0.1) is 4.90 Å². The molecule has 106 valence electrons. The summed E-state index contributed by atoms with van der Waals surface area (Å²) in [7, 11) is 3.16. The van der Waals surface area contributed by atoms with Crippen molar-refractivity contribution in [1.82, 2.24) is 9.21 Å². The van der Waals surface area contributed by atoms with Crippen molar-refractivity contribution in [1.29, 1.82) is 0 Å². The number of hydrogen-bond donors (Lipinski definition) is 0. The van der Waals surface area contributed by atoms with E-state index in [1.54, 1.807) is 0 Å². The van der Waals surface area contributed by atoms with Gasteiger partial charge in [-0.05, 0) is 31.6 Å². The molecule has 0 aromatic heterocycles. The first kappa shape index (κ1) is 14.7. The average Bonchev–Trinajstić information content (AvgIpc) is 2.81. The number of benzene rings is 1. The molecule has 0 radical (unpaired) electrons. The smallest absolute Gasteiger partial charge is 0.127 e. The highest BCUT2D eigenvalue weighted by Gasteiger charge is 2.45. The van der Waals surface area contributed by atoms with Crippen LogP contribution in [-0.4, -0.2) is 47.1 Å². The number of likely N-dealkylation sites (N-methyl/N-ethyl adjacent to an activating group) is 2. The van der Waals surface area contributed by atoms with Gasteiger partial charge in [-0.2, -0.15) is 0 Å². The summed E-state index contributed by atoms with van der Waals surface area (Å²) >= 11 is 0. The Hall–Kier alpha value is -0.710. The fourth-order valence-corrected chi connectivity index (χ4v) is 4.59. The van der Waals surface area contributed by atoms with Crippen LogP contribution in [0.5, 0.6) is 0 Å². The van der Waals surface area contributed by atoms with E-state index in [1.807, 2.05) is 37.3 Å². The van der Waals surface area contributed by atoms with E-state index >= 15 is 0 Å². The number of nitrogens with zero attached hydrogens (tertiary/aromatic N) is 2. The van der Waals surface area contributed by atoms with Gasteiger partial charge in [-0.3, -0.25) is 0 Å². The fraction of sp³-hybridized carbons (Fsp3) is 0.600. The Bertz CT molecular complexity index is 477. The van der Waals surface area contributed by atoms with Crippen LogP contribution in [0.1, 0.15) is 25.8 Å². The lowest BCUT2D eigenvalue weighted by Gasteiger charge is -2.39. The first-order valence-electron chi connectivity index (χ1n) is 7.03. The third kappa shape index (κ3) is 2.49. The van der Waals surface area contributed by atoms with Crippen LogP contribution in [0.3, 0.4) is 0 Å². The van der Waals surface area contributed by atoms with Crippen LogP contribution in [0.25, 0.3) is 0 Å². The third-order valence-electron chi connectivity index (χ3n) is 4.00. The largest absolute Gasteiger partial charge is 0.305 e. The second-order valence-corrected chi connectivity index (χ2v) is 6.86. The first-order valence-corrected chi connectivity index (χ1v) is 8.14. The Morgan fingerprint density at radius 1 is 1.16 bits per heavy atom. The quantitative estimate of drug-likeness (QED) is 0.728. The molecule has 3 nitrogen and oxygen atoms in total. The van der Waals surface area contributed by atoms with Crippen molar-refractivity contribution in [3.8, 4) is 0 Å². The van der Waals surface area contributed by atoms with Crippen LogP contribution in [0.15, 0.2) is 29.2 Å². The van der Waals surface area contributed by atoms with Crippen LogP contribution in [0, 0.1) is 0 Å². The molecule has 4 heteroatoms. The van der Waals surface area contributed by atoms with Crippen molar-refractivity contribution >= 4 is 11.0 Å². The molecule has 0 aliphatic carbocycles. The topological polar surface area (TPSA) is 23.6 Å². The molecular weight excluding hydrogens is 256 g/mol. The maximum Gasteiger partial charge on any atom is 0.127 e. The molecule has 3 rings (SSSR count). The van der Waals surface area contributed by atoms with Crippen LogP contribution >= 0.6 is 0 Å². The summed E-state index contributed by atoms with van der Waals surface area (Å²) in [5.74, 6) is 0. The number of fused-ring (bicyclic) bond motifs is 2. The van der Waals surface area contributed by atoms with Gasteiger partial charge in [0.25, 0.3) is 0 Å². The lowest BCUT2D eigenvalue weighted by molar-refractivity contribution is 0.308. The first-order chi connectivity index (χ1) is 9.12. The molecule has 1 saturated heterocycles. The van der Waals surface area contributed by atoms with Crippen molar-refractivity contribution in [2.75, 3.05) is 33.7 Å². The molecule has 0 N–H and O–H groups in total. The van der Waals surface area contributed by atoms with Gasteiger partial charge in [-0.15, -0.1) is 0 Å². The summed E-state index contributed by atoms with van der Waals surface area (Å²) in [5.41, 5.74) is 1.49. The normalized spacial score (nSPS) is 30.8. The molecule has 2 heterocycles. The van der Waals surface area contributed by atoms with Crippen molar-refractivity contribution in [3.05, 3.63) is 29.8 Å². The SMILES string of the molecule is CC.CN1CCC2(C1)CN(C)S(=O)c1ccccc12. The number of rotatable bonds is 0. The highest BCUT2D eigenvalue weighted by atomic mass is 32.2. The van der Waals surface area contributed by atoms with E-state index < -0.39 is 11.0 Å². The van der Waals surface area contributed by atoms with Gasteiger partial charge in [0.2, 0.25) is 0 Å². The Balaban J connectivity index is 0.000000637. The van der Waals surface area contributed by atoms with Gasteiger partial charge in [0, 0.05) is 25.6 Å². The minimum Gasteiger partial charge on any atom is -0.305 e. The maximum atomic E-state index is 12.3. The predicted octanol–water partition coefficient (Wildman–Crippen LogP) is 2.25. The monoisotopic (exact) mass is 280 g/mol. The molecule has 1 aromatic carbocycles. The van der Waals surface area contributed by atoms with Crippen molar-refractivity contribution in [2.45, 2.75) is 30.6 Å². The molecule has 2 atom stereocenters.